The molecular formula is C32H34FN3O3. The molecule has 0 spiro atoms. The third-order valence-electron chi connectivity index (χ3n) is 8.57. The first-order chi connectivity index (χ1) is 19.0. The molecular weight excluding hydrogens is 493 g/mol. The molecule has 6 nitrogen and oxygen atoms in total. The number of rotatable bonds is 5. The van der Waals surface area contributed by atoms with E-state index in [1.165, 1.54) is 17.7 Å². The fourth-order valence-electron chi connectivity index (χ4n) is 6.47. The molecule has 0 bridgehead atoms. The van der Waals surface area contributed by atoms with E-state index in [-0.39, 0.29) is 23.8 Å². The lowest BCUT2D eigenvalue weighted by Gasteiger charge is -2.36. The molecule has 0 atom stereocenters. The number of hydrogen-bond acceptors (Lipinski definition) is 3. The van der Waals surface area contributed by atoms with Gasteiger partial charge < -0.3 is 19.9 Å². The molecule has 3 amide bonds. The quantitative estimate of drug-likeness (QED) is 0.428. The Morgan fingerprint density at radius 1 is 0.974 bits per heavy atom. The highest BCUT2D eigenvalue weighted by Crippen LogP contribution is 2.34. The van der Waals surface area contributed by atoms with Gasteiger partial charge in [-0.1, -0.05) is 12.1 Å². The summed E-state index contributed by atoms with van der Waals surface area (Å²) < 4.78 is 19.0. The van der Waals surface area contributed by atoms with E-state index < -0.39 is 0 Å². The highest BCUT2D eigenvalue weighted by atomic mass is 19.1. The number of amides is 3. The van der Waals surface area contributed by atoms with Crippen LogP contribution in [0.3, 0.4) is 0 Å². The number of urea groups is 1. The van der Waals surface area contributed by atoms with E-state index in [0.29, 0.717) is 31.0 Å². The summed E-state index contributed by atoms with van der Waals surface area (Å²) >= 11 is 0. The number of carbonyl (C=O) groups excluding carboxylic acids is 2. The minimum atomic E-state index is -0.262. The van der Waals surface area contributed by atoms with Gasteiger partial charge in [0.05, 0.1) is 7.11 Å². The Kier molecular flexibility index (Phi) is 6.98. The van der Waals surface area contributed by atoms with Gasteiger partial charge in [-0.15, -0.1) is 0 Å². The molecule has 1 saturated carbocycles. The van der Waals surface area contributed by atoms with Gasteiger partial charge in [0.2, 0.25) is 0 Å². The highest BCUT2D eigenvalue weighted by Gasteiger charge is 2.31. The van der Waals surface area contributed by atoms with Crippen molar-refractivity contribution in [2.45, 2.75) is 51.0 Å². The summed E-state index contributed by atoms with van der Waals surface area (Å²) in [5.74, 6) is 1.04. The van der Waals surface area contributed by atoms with Gasteiger partial charge in [-0.3, -0.25) is 4.79 Å². The van der Waals surface area contributed by atoms with Crippen LogP contribution >= 0.6 is 0 Å². The van der Waals surface area contributed by atoms with Crippen LogP contribution in [0.4, 0.5) is 20.6 Å². The minimum absolute atomic E-state index is 0.0141. The number of halogens is 1. The second-order valence-corrected chi connectivity index (χ2v) is 11.0. The number of nitrogens with zero attached hydrogens (tertiary/aromatic N) is 2. The molecule has 0 aromatic heterocycles. The molecule has 3 aromatic rings. The van der Waals surface area contributed by atoms with Gasteiger partial charge >= 0.3 is 6.03 Å². The van der Waals surface area contributed by atoms with E-state index in [4.69, 9.17) is 4.74 Å². The summed E-state index contributed by atoms with van der Waals surface area (Å²) in [7, 11) is 1.66. The van der Waals surface area contributed by atoms with Crippen molar-refractivity contribution in [3.8, 4) is 5.75 Å². The van der Waals surface area contributed by atoms with Gasteiger partial charge in [-0.2, -0.15) is 0 Å². The lowest BCUT2D eigenvalue weighted by Crippen LogP contribution is -2.44. The van der Waals surface area contributed by atoms with E-state index in [1.807, 2.05) is 41.3 Å². The zero-order valence-electron chi connectivity index (χ0n) is 22.3. The number of anilines is 2. The first-order valence-electron chi connectivity index (χ1n) is 13.9. The van der Waals surface area contributed by atoms with Gasteiger partial charge in [0.15, 0.2) is 0 Å². The standard InChI is InChI=1S/C32H34FN3O3/c1-39-28-10-11-29-23(20-28)13-15-35(32(38)34-29)27-8-5-21(6-9-27)17-22-3-2-4-25(18-22)31(37)36-16-14-24-19-26(33)7-12-30(24)36/h2-4,7,10-12,18-21,27H,5-6,8-9,13-17H2,1H3,(H,34,38). The molecule has 1 N–H and O–H groups in total. The van der Waals surface area contributed by atoms with Crippen LogP contribution in [0.2, 0.25) is 0 Å². The fourth-order valence-corrected chi connectivity index (χ4v) is 6.47. The average Bonchev–Trinajstić information content (AvgIpc) is 3.29. The molecule has 3 aliphatic rings. The summed E-state index contributed by atoms with van der Waals surface area (Å²) in [6.45, 7) is 1.28. The number of nitrogens with one attached hydrogen (secondary N) is 1. The van der Waals surface area contributed by atoms with Crippen LogP contribution in [-0.2, 0) is 19.3 Å². The van der Waals surface area contributed by atoms with Crippen molar-refractivity contribution in [2.24, 2.45) is 5.92 Å². The van der Waals surface area contributed by atoms with Crippen molar-refractivity contribution in [1.29, 1.82) is 0 Å². The topological polar surface area (TPSA) is 61.9 Å². The zero-order chi connectivity index (χ0) is 26.9. The Balaban J connectivity index is 1.06. The molecule has 2 aliphatic heterocycles. The number of ether oxygens (including phenoxy) is 1. The summed E-state index contributed by atoms with van der Waals surface area (Å²) in [5, 5.41) is 3.10. The van der Waals surface area contributed by atoms with Gasteiger partial charge in [-0.25, -0.2) is 9.18 Å². The van der Waals surface area contributed by atoms with E-state index in [1.54, 1.807) is 18.1 Å². The largest absolute Gasteiger partial charge is 0.497 e. The molecule has 7 heteroatoms. The van der Waals surface area contributed by atoms with Crippen LogP contribution in [0.5, 0.6) is 5.75 Å². The zero-order valence-corrected chi connectivity index (χ0v) is 22.3. The molecule has 3 aromatic carbocycles. The van der Waals surface area contributed by atoms with E-state index >= 15 is 0 Å². The van der Waals surface area contributed by atoms with E-state index in [0.717, 1.165) is 66.8 Å². The number of methoxy groups -OCH3 is 1. The molecule has 1 aliphatic carbocycles. The number of benzene rings is 3. The SMILES string of the molecule is COc1ccc2c(c1)CCN(C1CCC(Cc3cccc(C(=O)N4CCc5cc(F)ccc54)c3)CC1)C(=O)N2. The van der Waals surface area contributed by atoms with Crippen molar-refractivity contribution in [3.05, 3.63) is 88.7 Å². The molecule has 39 heavy (non-hydrogen) atoms. The van der Waals surface area contributed by atoms with E-state index in [9.17, 15) is 14.0 Å². The smallest absolute Gasteiger partial charge is 0.322 e. The van der Waals surface area contributed by atoms with Crippen LogP contribution in [0.25, 0.3) is 0 Å². The summed E-state index contributed by atoms with van der Waals surface area (Å²) in [5.41, 5.74) is 5.52. The predicted octanol–water partition coefficient (Wildman–Crippen LogP) is 6.23. The maximum absolute atomic E-state index is 13.6. The summed E-state index contributed by atoms with van der Waals surface area (Å²) in [6.07, 6.45) is 6.48. The maximum Gasteiger partial charge on any atom is 0.322 e. The Morgan fingerprint density at radius 3 is 2.62 bits per heavy atom. The van der Waals surface area contributed by atoms with Crippen molar-refractivity contribution in [1.82, 2.24) is 4.90 Å². The molecule has 2 heterocycles. The van der Waals surface area contributed by atoms with Crippen LogP contribution in [0, 0.1) is 11.7 Å². The van der Waals surface area contributed by atoms with E-state index in [2.05, 4.69) is 11.4 Å². The van der Waals surface area contributed by atoms with Crippen molar-refractivity contribution < 1.29 is 18.7 Å². The van der Waals surface area contributed by atoms with Crippen LogP contribution in [0.1, 0.15) is 52.7 Å². The lowest BCUT2D eigenvalue weighted by molar-refractivity contribution is 0.0989. The minimum Gasteiger partial charge on any atom is -0.497 e. The Labute approximate surface area is 228 Å². The van der Waals surface area contributed by atoms with Gasteiger partial charge in [0.1, 0.15) is 11.6 Å². The Hall–Kier alpha value is -3.87. The molecule has 0 saturated heterocycles. The fraction of sp³-hybridized carbons (Fsp3) is 0.375. The van der Waals surface area contributed by atoms with Gasteiger partial charge in [-0.05, 0) is 116 Å². The molecule has 1 fully saturated rings. The van der Waals surface area contributed by atoms with Gasteiger partial charge in [0, 0.05) is 36.1 Å². The molecule has 6 rings (SSSR count). The van der Waals surface area contributed by atoms with Crippen LogP contribution < -0.4 is 15.0 Å². The van der Waals surface area contributed by atoms with Crippen molar-refractivity contribution in [2.75, 3.05) is 30.4 Å². The van der Waals surface area contributed by atoms with Crippen LogP contribution in [0.15, 0.2) is 60.7 Å². The normalized spacial score (nSPS) is 20.6. The molecule has 0 unspecified atom stereocenters. The number of fused-ring (bicyclic) bond motifs is 2. The van der Waals surface area contributed by atoms with Crippen molar-refractivity contribution >= 4 is 23.3 Å². The van der Waals surface area contributed by atoms with Crippen molar-refractivity contribution in [3.63, 3.8) is 0 Å². The third-order valence-corrected chi connectivity index (χ3v) is 8.57. The monoisotopic (exact) mass is 527 g/mol. The second-order valence-electron chi connectivity index (χ2n) is 11.0. The average molecular weight is 528 g/mol. The molecule has 0 radical (unpaired) electrons. The first kappa shape index (κ1) is 25.4. The lowest BCUT2D eigenvalue weighted by atomic mass is 9.81. The summed E-state index contributed by atoms with van der Waals surface area (Å²) in [6, 6.07) is 18.7. The number of carbonyl (C=O) groups is 2. The van der Waals surface area contributed by atoms with Gasteiger partial charge in [0.25, 0.3) is 5.91 Å². The molecule has 202 valence electrons. The maximum atomic E-state index is 13.6. The highest BCUT2D eigenvalue weighted by molar-refractivity contribution is 6.07. The Morgan fingerprint density at radius 2 is 1.79 bits per heavy atom. The predicted molar refractivity (Wildman–Crippen MR) is 150 cm³/mol. The summed E-state index contributed by atoms with van der Waals surface area (Å²) in [4.78, 5) is 30.1. The Bertz CT molecular complexity index is 1400. The first-order valence-corrected chi connectivity index (χ1v) is 13.9. The number of hydrogen-bond donors (Lipinski definition) is 1. The second kappa shape index (κ2) is 10.7. The third kappa shape index (κ3) is 5.22. The van der Waals surface area contributed by atoms with Crippen LogP contribution in [-0.4, -0.2) is 43.1 Å².